The van der Waals surface area contributed by atoms with Gasteiger partial charge in [-0.15, -0.1) is 0 Å². The summed E-state index contributed by atoms with van der Waals surface area (Å²) in [5, 5.41) is 0. The highest BCUT2D eigenvalue weighted by Gasteiger charge is 2.52. The SMILES string of the molecule is CC(C)c1ccc(C2C3=C(OC4CCCCC4C3=O)C(=O)N2Cc2ccco2)cc1. The van der Waals surface area contributed by atoms with Gasteiger partial charge in [0.2, 0.25) is 0 Å². The molecule has 3 unspecified atom stereocenters. The molecule has 1 aliphatic carbocycles. The highest BCUT2D eigenvalue weighted by molar-refractivity contribution is 6.11. The summed E-state index contributed by atoms with van der Waals surface area (Å²) in [5.41, 5.74) is 2.70. The minimum absolute atomic E-state index is 0.0918. The third-order valence-electron chi connectivity index (χ3n) is 6.68. The number of fused-ring (bicyclic) bond motifs is 1. The first-order valence-electron chi connectivity index (χ1n) is 10.9. The van der Waals surface area contributed by atoms with Crippen molar-refractivity contribution in [1.29, 1.82) is 0 Å². The van der Waals surface area contributed by atoms with Gasteiger partial charge in [0.15, 0.2) is 11.5 Å². The normalized spacial score (nSPS) is 26.1. The Kier molecular flexibility index (Phi) is 4.76. The molecule has 2 aromatic rings. The summed E-state index contributed by atoms with van der Waals surface area (Å²) < 4.78 is 11.7. The van der Waals surface area contributed by atoms with Gasteiger partial charge in [-0.25, -0.2) is 0 Å². The van der Waals surface area contributed by atoms with Crippen LogP contribution in [0, 0.1) is 5.92 Å². The van der Waals surface area contributed by atoms with Gasteiger partial charge >= 0.3 is 0 Å². The van der Waals surface area contributed by atoms with Crippen LogP contribution in [0.15, 0.2) is 58.4 Å². The molecule has 0 spiro atoms. The summed E-state index contributed by atoms with van der Waals surface area (Å²) in [6.45, 7) is 4.61. The van der Waals surface area contributed by atoms with Crippen molar-refractivity contribution in [3.05, 3.63) is 70.9 Å². The zero-order valence-corrected chi connectivity index (χ0v) is 17.5. The number of carbonyl (C=O) groups excluding carboxylic acids is 2. The topological polar surface area (TPSA) is 59.8 Å². The first-order chi connectivity index (χ1) is 14.5. The second-order valence-corrected chi connectivity index (χ2v) is 8.89. The molecule has 5 rings (SSSR count). The molecular weight excluding hydrogens is 378 g/mol. The van der Waals surface area contributed by atoms with Crippen LogP contribution in [0.25, 0.3) is 0 Å². The fourth-order valence-electron chi connectivity index (χ4n) is 5.04. The van der Waals surface area contributed by atoms with E-state index in [9.17, 15) is 9.59 Å². The van der Waals surface area contributed by atoms with Gasteiger partial charge in [-0.1, -0.05) is 44.5 Å². The lowest BCUT2D eigenvalue weighted by Crippen LogP contribution is -2.39. The lowest BCUT2D eigenvalue weighted by molar-refractivity contribution is -0.135. The smallest absolute Gasteiger partial charge is 0.290 e. The average Bonchev–Trinajstić information content (AvgIpc) is 3.36. The van der Waals surface area contributed by atoms with Crippen molar-refractivity contribution in [3.8, 4) is 0 Å². The van der Waals surface area contributed by atoms with Crippen molar-refractivity contribution in [2.75, 3.05) is 0 Å². The average molecular weight is 405 g/mol. The number of ketones is 1. The van der Waals surface area contributed by atoms with Gasteiger partial charge in [-0.05, 0) is 48.4 Å². The molecule has 156 valence electrons. The van der Waals surface area contributed by atoms with Gasteiger partial charge in [0.1, 0.15) is 11.9 Å². The van der Waals surface area contributed by atoms with E-state index in [1.54, 1.807) is 11.2 Å². The van der Waals surface area contributed by atoms with Gasteiger partial charge in [0.05, 0.1) is 30.3 Å². The van der Waals surface area contributed by atoms with Crippen molar-refractivity contribution < 1.29 is 18.7 Å². The third kappa shape index (κ3) is 3.08. The van der Waals surface area contributed by atoms with Crippen LogP contribution in [-0.4, -0.2) is 22.7 Å². The summed E-state index contributed by atoms with van der Waals surface area (Å²) in [4.78, 5) is 28.7. The zero-order chi connectivity index (χ0) is 20.8. The van der Waals surface area contributed by atoms with Gasteiger partial charge in [-0.3, -0.25) is 9.59 Å². The molecule has 0 N–H and O–H groups in total. The van der Waals surface area contributed by atoms with Crippen LogP contribution >= 0.6 is 0 Å². The predicted molar refractivity (Wildman–Crippen MR) is 111 cm³/mol. The van der Waals surface area contributed by atoms with Crippen molar-refractivity contribution in [3.63, 3.8) is 0 Å². The minimum atomic E-state index is -0.436. The summed E-state index contributed by atoms with van der Waals surface area (Å²) >= 11 is 0. The maximum Gasteiger partial charge on any atom is 0.290 e. The van der Waals surface area contributed by atoms with Crippen LogP contribution in [0.4, 0.5) is 0 Å². The quantitative estimate of drug-likeness (QED) is 0.726. The number of furan rings is 1. The van der Waals surface area contributed by atoms with E-state index in [0.29, 0.717) is 23.8 Å². The van der Waals surface area contributed by atoms with E-state index in [0.717, 1.165) is 31.2 Å². The standard InChI is InChI=1S/C25H27NO4/c1-15(2)16-9-11-17(12-10-16)22-21-23(27)19-7-3-4-8-20(19)30-24(21)25(28)26(22)14-18-6-5-13-29-18/h5-6,9-13,15,19-20,22H,3-4,7-8,14H2,1-2H3. The van der Waals surface area contributed by atoms with Gasteiger partial charge in [-0.2, -0.15) is 0 Å². The Morgan fingerprint density at radius 2 is 1.83 bits per heavy atom. The number of ether oxygens (including phenoxy) is 1. The van der Waals surface area contributed by atoms with E-state index in [1.807, 2.05) is 24.3 Å². The van der Waals surface area contributed by atoms with E-state index >= 15 is 0 Å². The van der Waals surface area contributed by atoms with Gasteiger partial charge in [0.25, 0.3) is 5.91 Å². The molecule has 1 aromatic heterocycles. The second kappa shape index (κ2) is 7.46. The Labute approximate surface area is 176 Å². The van der Waals surface area contributed by atoms with Gasteiger partial charge < -0.3 is 14.1 Å². The van der Waals surface area contributed by atoms with Crippen molar-refractivity contribution in [2.24, 2.45) is 5.92 Å². The summed E-state index contributed by atoms with van der Waals surface area (Å²) in [6, 6.07) is 11.5. The molecule has 30 heavy (non-hydrogen) atoms. The highest BCUT2D eigenvalue weighted by atomic mass is 16.5. The molecule has 1 aromatic carbocycles. The van der Waals surface area contributed by atoms with E-state index in [-0.39, 0.29) is 29.5 Å². The Balaban J connectivity index is 1.57. The first-order valence-corrected chi connectivity index (χ1v) is 10.9. The van der Waals surface area contributed by atoms with Crippen LogP contribution in [0.1, 0.15) is 68.4 Å². The van der Waals surface area contributed by atoms with E-state index in [1.165, 1.54) is 5.56 Å². The number of rotatable bonds is 4. The van der Waals surface area contributed by atoms with Crippen LogP contribution in [0.5, 0.6) is 0 Å². The molecule has 5 heteroatoms. The molecule has 3 aliphatic rings. The molecule has 1 fully saturated rings. The molecule has 2 aliphatic heterocycles. The molecule has 0 radical (unpaired) electrons. The van der Waals surface area contributed by atoms with Crippen molar-refractivity contribution in [2.45, 2.75) is 64.1 Å². The van der Waals surface area contributed by atoms with E-state index in [2.05, 4.69) is 26.0 Å². The maximum atomic E-state index is 13.6. The lowest BCUT2D eigenvalue weighted by atomic mass is 9.77. The molecule has 0 saturated heterocycles. The number of hydrogen-bond acceptors (Lipinski definition) is 4. The largest absolute Gasteiger partial charge is 0.483 e. The molecule has 3 heterocycles. The predicted octanol–water partition coefficient (Wildman–Crippen LogP) is 4.90. The van der Waals surface area contributed by atoms with Gasteiger partial charge in [0, 0.05) is 0 Å². The number of hydrogen-bond donors (Lipinski definition) is 0. The Hall–Kier alpha value is -2.82. The summed E-state index contributed by atoms with van der Waals surface area (Å²) in [5.74, 6) is 1.11. The zero-order valence-electron chi connectivity index (χ0n) is 17.5. The van der Waals surface area contributed by atoms with Crippen LogP contribution < -0.4 is 0 Å². The first kappa shape index (κ1) is 19.2. The number of amides is 1. The molecule has 1 saturated carbocycles. The molecule has 1 amide bonds. The third-order valence-corrected chi connectivity index (χ3v) is 6.68. The summed E-state index contributed by atoms with van der Waals surface area (Å²) in [7, 11) is 0. The Bertz CT molecular complexity index is 987. The number of nitrogens with zero attached hydrogens (tertiary/aromatic N) is 1. The second-order valence-electron chi connectivity index (χ2n) is 8.89. The lowest BCUT2D eigenvalue weighted by Gasteiger charge is -2.35. The van der Waals surface area contributed by atoms with Crippen LogP contribution in [-0.2, 0) is 20.9 Å². The van der Waals surface area contributed by atoms with E-state index < -0.39 is 6.04 Å². The fourth-order valence-corrected chi connectivity index (χ4v) is 5.04. The van der Waals surface area contributed by atoms with E-state index in [4.69, 9.17) is 9.15 Å². The Morgan fingerprint density at radius 1 is 1.07 bits per heavy atom. The van der Waals surface area contributed by atoms with Crippen molar-refractivity contribution >= 4 is 11.7 Å². The molecule has 5 nitrogen and oxygen atoms in total. The molecule has 3 atom stereocenters. The number of carbonyl (C=O) groups is 2. The van der Waals surface area contributed by atoms with Crippen LogP contribution in [0.3, 0.4) is 0 Å². The molecule has 0 bridgehead atoms. The highest BCUT2D eigenvalue weighted by Crippen LogP contribution is 2.47. The fraction of sp³-hybridized carbons (Fsp3) is 0.440. The number of Topliss-reactive ketones (excluding diaryl/α,β-unsaturated/α-hetero) is 1. The monoisotopic (exact) mass is 405 g/mol. The molecular formula is C25H27NO4. The summed E-state index contributed by atoms with van der Waals surface area (Å²) in [6.07, 6.45) is 5.20. The maximum absolute atomic E-state index is 13.6. The van der Waals surface area contributed by atoms with Crippen molar-refractivity contribution in [1.82, 2.24) is 4.90 Å². The minimum Gasteiger partial charge on any atom is -0.483 e. The Morgan fingerprint density at radius 3 is 2.53 bits per heavy atom. The van der Waals surface area contributed by atoms with Crippen LogP contribution in [0.2, 0.25) is 0 Å². The number of benzene rings is 1.